The van der Waals surface area contributed by atoms with Crippen LogP contribution in [0.5, 0.6) is 0 Å². The Hall–Kier alpha value is -5.08. The molecule has 2 nitrogen and oxygen atoms in total. The van der Waals surface area contributed by atoms with E-state index in [2.05, 4.69) is 187 Å². The van der Waals surface area contributed by atoms with Crippen molar-refractivity contribution in [2.75, 3.05) is 9.80 Å². The smallest absolute Gasteiger partial charge is 0.0464 e. The first kappa shape index (κ1) is 35.3. The molecule has 1 fully saturated rings. The fourth-order valence-corrected chi connectivity index (χ4v) is 8.11. The molecule has 0 amide bonds. The van der Waals surface area contributed by atoms with Crippen LogP contribution in [0.3, 0.4) is 0 Å². The van der Waals surface area contributed by atoms with E-state index in [1.807, 2.05) is 0 Å². The van der Waals surface area contributed by atoms with E-state index in [4.69, 9.17) is 0 Å². The largest absolute Gasteiger partial charge is 0.310 e. The second-order valence-corrected chi connectivity index (χ2v) is 15.5. The van der Waals surface area contributed by atoms with Gasteiger partial charge in [-0.25, -0.2) is 0 Å². The van der Waals surface area contributed by atoms with Gasteiger partial charge in [-0.1, -0.05) is 67.8 Å². The van der Waals surface area contributed by atoms with Gasteiger partial charge in [0.25, 0.3) is 0 Å². The maximum Gasteiger partial charge on any atom is 0.0464 e. The maximum atomic E-state index is 2.42. The van der Waals surface area contributed by atoms with Gasteiger partial charge in [-0.2, -0.15) is 0 Å². The Kier molecular flexibility index (Phi) is 9.86. The number of benzene rings is 6. The van der Waals surface area contributed by atoms with Gasteiger partial charge in [-0.15, -0.1) is 0 Å². The van der Waals surface area contributed by atoms with E-state index in [0.717, 1.165) is 0 Å². The molecule has 6 aromatic rings. The van der Waals surface area contributed by atoms with Gasteiger partial charge in [0, 0.05) is 39.5 Å². The van der Waals surface area contributed by atoms with Gasteiger partial charge < -0.3 is 9.80 Å². The van der Waals surface area contributed by atoms with E-state index in [9.17, 15) is 0 Å². The van der Waals surface area contributed by atoms with Crippen molar-refractivity contribution in [3.05, 3.63) is 177 Å². The molecule has 7 rings (SSSR count). The Morgan fingerprint density at radius 2 is 0.577 bits per heavy atom. The molecule has 0 spiro atoms. The number of rotatable bonds is 8. The highest BCUT2D eigenvalue weighted by molar-refractivity contribution is 5.79. The Labute approximate surface area is 312 Å². The van der Waals surface area contributed by atoms with Crippen LogP contribution in [-0.2, 0) is 5.41 Å². The summed E-state index contributed by atoms with van der Waals surface area (Å²) < 4.78 is 0. The summed E-state index contributed by atoms with van der Waals surface area (Å²) in [6, 6.07) is 46.4. The lowest BCUT2D eigenvalue weighted by Crippen LogP contribution is -2.30. The van der Waals surface area contributed by atoms with E-state index in [0.29, 0.717) is 0 Å². The van der Waals surface area contributed by atoms with Gasteiger partial charge in [-0.05, 0) is 197 Å². The third-order valence-electron chi connectivity index (χ3n) is 12.1. The van der Waals surface area contributed by atoms with Gasteiger partial charge in [0.1, 0.15) is 0 Å². The average molecular weight is 683 g/mol. The normalized spacial score (nSPS) is 13.9. The summed E-state index contributed by atoms with van der Waals surface area (Å²) in [5, 5.41) is 0. The minimum Gasteiger partial charge on any atom is -0.310 e. The van der Waals surface area contributed by atoms with Crippen LogP contribution in [0.15, 0.2) is 121 Å². The molecule has 0 heterocycles. The summed E-state index contributed by atoms with van der Waals surface area (Å²) in [7, 11) is 0. The first-order chi connectivity index (χ1) is 25.0. The van der Waals surface area contributed by atoms with Crippen LogP contribution in [0.4, 0.5) is 34.1 Å². The third-order valence-corrected chi connectivity index (χ3v) is 12.1. The van der Waals surface area contributed by atoms with Crippen molar-refractivity contribution < 1.29 is 0 Å². The van der Waals surface area contributed by atoms with Crippen molar-refractivity contribution >= 4 is 34.1 Å². The minimum atomic E-state index is -0.00718. The fraction of sp³-hybridized carbons (Fsp3) is 0.280. The van der Waals surface area contributed by atoms with E-state index in [-0.39, 0.29) is 5.41 Å². The number of hydrogen-bond donors (Lipinski definition) is 0. The lowest BCUT2D eigenvalue weighted by atomic mass is 9.65. The third kappa shape index (κ3) is 6.80. The molecule has 6 aromatic carbocycles. The molecule has 1 aliphatic rings. The fourth-order valence-electron chi connectivity index (χ4n) is 8.11. The molecule has 0 saturated heterocycles. The van der Waals surface area contributed by atoms with Crippen molar-refractivity contribution in [3.8, 4) is 0 Å². The predicted molar refractivity (Wildman–Crippen MR) is 224 cm³/mol. The molecule has 2 heteroatoms. The molecule has 0 aromatic heterocycles. The zero-order valence-electron chi connectivity index (χ0n) is 32.5. The predicted octanol–water partition coefficient (Wildman–Crippen LogP) is 14.3. The molecule has 0 N–H and O–H groups in total. The first-order valence-electron chi connectivity index (χ1n) is 19.1. The summed E-state index contributed by atoms with van der Waals surface area (Å²) in [5.74, 6) is 0. The second-order valence-electron chi connectivity index (χ2n) is 15.5. The topological polar surface area (TPSA) is 6.48 Å². The van der Waals surface area contributed by atoms with Gasteiger partial charge in [0.2, 0.25) is 0 Å². The highest BCUT2D eigenvalue weighted by atomic mass is 15.1. The van der Waals surface area contributed by atoms with Crippen molar-refractivity contribution in [2.24, 2.45) is 0 Å². The minimum absolute atomic E-state index is 0.00718. The maximum absolute atomic E-state index is 2.42. The van der Waals surface area contributed by atoms with Crippen LogP contribution in [0.2, 0.25) is 0 Å². The molecule has 0 aliphatic heterocycles. The second kappa shape index (κ2) is 14.5. The molecule has 0 radical (unpaired) electrons. The lowest BCUT2D eigenvalue weighted by molar-refractivity contribution is 0.346. The Morgan fingerprint density at radius 3 is 0.846 bits per heavy atom. The van der Waals surface area contributed by atoms with Crippen LogP contribution in [0.25, 0.3) is 0 Å². The Morgan fingerprint density at radius 1 is 0.308 bits per heavy atom. The van der Waals surface area contributed by atoms with Gasteiger partial charge in [0.05, 0.1) is 0 Å². The van der Waals surface area contributed by atoms with Crippen molar-refractivity contribution in [1.29, 1.82) is 0 Å². The molecular weight excluding hydrogens is 629 g/mol. The van der Waals surface area contributed by atoms with E-state index in [1.54, 1.807) is 0 Å². The molecule has 0 atom stereocenters. The summed E-state index contributed by atoms with van der Waals surface area (Å²) in [5.41, 5.74) is 20.5. The lowest BCUT2D eigenvalue weighted by Gasteiger charge is -2.39. The summed E-state index contributed by atoms with van der Waals surface area (Å²) in [6.45, 7) is 17.6. The molecular formula is C50H54N2. The molecule has 0 bridgehead atoms. The Balaban J connectivity index is 1.28. The highest BCUT2D eigenvalue weighted by Gasteiger charge is 2.36. The van der Waals surface area contributed by atoms with Gasteiger partial charge in [0.15, 0.2) is 0 Å². The number of anilines is 6. The van der Waals surface area contributed by atoms with Crippen LogP contribution in [0, 0.1) is 55.4 Å². The van der Waals surface area contributed by atoms with Gasteiger partial charge in [-0.3, -0.25) is 0 Å². The average Bonchev–Trinajstić information content (AvgIpc) is 3.15. The zero-order chi connectivity index (χ0) is 36.6. The van der Waals surface area contributed by atoms with Crippen LogP contribution < -0.4 is 9.80 Å². The Bertz CT molecular complexity index is 1940. The number of nitrogens with zero attached hydrogens (tertiary/aromatic N) is 2. The highest BCUT2D eigenvalue weighted by Crippen LogP contribution is 2.47. The summed E-state index contributed by atoms with van der Waals surface area (Å²) in [6.07, 6.45) is 6.14. The van der Waals surface area contributed by atoms with Crippen LogP contribution >= 0.6 is 0 Å². The summed E-state index contributed by atoms with van der Waals surface area (Å²) >= 11 is 0. The zero-order valence-corrected chi connectivity index (χ0v) is 32.5. The molecule has 52 heavy (non-hydrogen) atoms. The molecule has 1 aliphatic carbocycles. The van der Waals surface area contributed by atoms with Crippen molar-refractivity contribution in [2.45, 2.75) is 92.9 Å². The van der Waals surface area contributed by atoms with Gasteiger partial charge >= 0.3 is 0 Å². The van der Waals surface area contributed by atoms with E-state index in [1.165, 1.54) is 122 Å². The van der Waals surface area contributed by atoms with E-state index >= 15 is 0 Å². The monoisotopic (exact) mass is 682 g/mol. The SMILES string of the molecule is Cc1ccc(N(c2ccc(C3(c4ccc(N(c5ccc(C)c(C)c5)c5ccc(C)c(C)c5)cc4)CCCCC3)cc2)c2ccc(C)c(C)c2)cc1C. The molecule has 264 valence electrons. The number of hydrogen-bond acceptors (Lipinski definition) is 2. The molecule has 1 saturated carbocycles. The number of aryl methyl sites for hydroxylation is 8. The quantitative estimate of drug-likeness (QED) is 0.158. The van der Waals surface area contributed by atoms with Crippen LogP contribution in [0.1, 0.15) is 87.7 Å². The standard InChI is InChI=1S/C50H54N2/c1-34-12-20-46(30-38(34)5)51(47-21-13-35(2)39(6)31-47)44-24-16-42(17-25-44)50(28-10-9-11-29-50)43-18-26-45(27-19-43)52(48-22-14-36(3)40(7)32-48)49-23-15-37(4)41(8)33-49/h12-27,30-33H,9-11,28-29H2,1-8H3. The summed E-state index contributed by atoms with van der Waals surface area (Å²) in [4.78, 5) is 4.83. The van der Waals surface area contributed by atoms with E-state index < -0.39 is 0 Å². The van der Waals surface area contributed by atoms with Crippen molar-refractivity contribution in [1.82, 2.24) is 0 Å². The molecule has 0 unspecified atom stereocenters. The first-order valence-corrected chi connectivity index (χ1v) is 19.1. The van der Waals surface area contributed by atoms with Crippen LogP contribution in [-0.4, -0.2) is 0 Å². The van der Waals surface area contributed by atoms with Crippen molar-refractivity contribution in [3.63, 3.8) is 0 Å².